The van der Waals surface area contributed by atoms with Crippen LogP contribution in [0.2, 0.25) is 0 Å². The fourth-order valence-electron chi connectivity index (χ4n) is 3.09. The molecule has 1 amide bonds. The van der Waals surface area contributed by atoms with E-state index in [0.717, 1.165) is 22.5 Å². The topological polar surface area (TPSA) is 107 Å². The number of fused-ring (bicyclic) bond motifs is 1. The van der Waals surface area contributed by atoms with Gasteiger partial charge in [-0.2, -0.15) is 0 Å². The van der Waals surface area contributed by atoms with Gasteiger partial charge in [-0.05, 0) is 48.9 Å². The highest BCUT2D eigenvalue weighted by Crippen LogP contribution is 2.28. The Bertz CT molecular complexity index is 1330. The van der Waals surface area contributed by atoms with Gasteiger partial charge in [0.05, 0.1) is 16.3 Å². The minimum absolute atomic E-state index is 0.0467. The summed E-state index contributed by atoms with van der Waals surface area (Å²) in [5, 5.41) is 7.97. The zero-order valence-corrected chi connectivity index (χ0v) is 16.3. The van der Waals surface area contributed by atoms with Gasteiger partial charge >= 0.3 is 0 Å². The van der Waals surface area contributed by atoms with Crippen LogP contribution in [-0.4, -0.2) is 23.7 Å². The number of aromatic nitrogens is 2. The summed E-state index contributed by atoms with van der Waals surface area (Å²) in [4.78, 5) is 17.3. The van der Waals surface area contributed by atoms with Crippen LogP contribution < -0.4 is 10.5 Å². The number of nitrogens with zero attached hydrogens (tertiary/aromatic N) is 2. The molecule has 4 rings (SSSR count). The Morgan fingerprint density at radius 1 is 1.03 bits per heavy atom. The second-order valence-corrected chi connectivity index (χ2v) is 8.18. The van der Waals surface area contributed by atoms with E-state index in [1.165, 1.54) is 24.3 Å². The summed E-state index contributed by atoms with van der Waals surface area (Å²) < 4.78 is 24.7. The summed E-state index contributed by atoms with van der Waals surface area (Å²) >= 11 is 0. The molecule has 0 unspecified atom stereocenters. The third-order valence-electron chi connectivity index (χ3n) is 4.57. The average Bonchev–Trinajstić information content (AvgIpc) is 3.13. The van der Waals surface area contributed by atoms with Gasteiger partial charge in [0.1, 0.15) is 5.65 Å². The van der Waals surface area contributed by atoms with Crippen molar-refractivity contribution >= 4 is 27.3 Å². The number of carbonyl (C=O) groups excluding carboxylic acids is 1. The van der Waals surface area contributed by atoms with Gasteiger partial charge < -0.3 is 9.72 Å². The van der Waals surface area contributed by atoms with Crippen molar-refractivity contribution < 1.29 is 13.2 Å². The van der Waals surface area contributed by atoms with E-state index < -0.39 is 10.0 Å². The lowest BCUT2D eigenvalue weighted by atomic mass is 10.1. The molecule has 8 heteroatoms. The molecule has 0 atom stereocenters. The third kappa shape index (κ3) is 3.75. The number of amides is 1. The first kappa shape index (κ1) is 18.9. The van der Waals surface area contributed by atoms with Crippen LogP contribution in [0.4, 0.5) is 5.69 Å². The molecule has 4 aromatic rings. The molecule has 0 aliphatic heterocycles. The number of hydrogen-bond donors (Lipinski definition) is 2. The van der Waals surface area contributed by atoms with Gasteiger partial charge in [0.15, 0.2) is 0 Å². The van der Waals surface area contributed by atoms with E-state index in [4.69, 9.17) is 10.1 Å². The summed E-state index contributed by atoms with van der Waals surface area (Å²) in [5.41, 5.74) is 4.34. The molecule has 3 N–H and O–H groups in total. The number of pyridine rings is 1. The van der Waals surface area contributed by atoms with E-state index in [0.29, 0.717) is 11.3 Å². The highest BCUT2D eigenvalue weighted by Gasteiger charge is 2.14. The predicted molar refractivity (Wildman–Crippen MR) is 111 cm³/mol. The number of para-hydroxylation sites is 1. The highest BCUT2D eigenvalue weighted by atomic mass is 32.2. The molecule has 146 valence electrons. The molecule has 0 bridgehead atoms. The normalized spacial score (nSPS) is 11.5. The van der Waals surface area contributed by atoms with E-state index in [1.807, 2.05) is 54.0 Å². The maximum absolute atomic E-state index is 12.7. The Labute approximate surface area is 167 Å². The molecule has 0 saturated carbocycles. The predicted octanol–water partition coefficient (Wildman–Crippen LogP) is 3.21. The second kappa shape index (κ2) is 7.16. The van der Waals surface area contributed by atoms with E-state index in [-0.39, 0.29) is 10.8 Å². The third-order valence-corrected chi connectivity index (χ3v) is 5.50. The summed E-state index contributed by atoms with van der Waals surface area (Å²) in [7, 11) is -3.81. The molecule has 0 fully saturated rings. The van der Waals surface area contributed by atoms with E-state index in [2.05, 4.69) is 5.32 Å². The minimum Gasteiger partial charge on any atom is -0.321 e. The molecule has 2 aromatic heterocycles. The number of nitrogens with two attached hydrogens (primary N) is 1. The van der Waals surface area contributed by atoms with E-state index in [1.54, 1.807) is 6.07 Å². The summed E-state index contributed by atoms with van der Waals surface area (Å²) in [6.07, 6.45) is 3.83. The van der Waals surface area contributed by atoms with Crippen molar-refractivity contribution in [3.8, 4) is 11.3 Å². The number of hydrogen-bond acceptors (Lipinski definition) is 4. The van der Waals surface area contributed by atoms with Crippen molar-refractivity contribution in [3.63, 3.8) is 0 Å². The number of anilines is 1. The van der Waals surface area contributed by atoms with Crippen LogP contribution in [0.5, 0.6) is 0 Å². The van der Waals surface area contributed by atoms with Gasteiger partial charge in [-0.1, -0.05) is 24.3 Å². The van der Waals surface area contributed by atoms with Crippen molar-refractivity contribution in [1.82, 2.24) is 9.38 Å². The average molecular weight is 406 g/mol. The molecule has 29 heavy (non-hydrogen) atoms. The van der Waals surface area contributed by atoms with Crippen molar-refractivity contribution in [3.05, 3.63) is 84.2 Å². The Hall–Kier alpha value is -3.49. The van der Waals surface area contributed by atoms with Gasteiger partial charge in [-0.25, -0.2) is 18.5 Å². The first-order chi connectivity index (χ1) is 13.8. The maximum Gasteiger partial charge on any atom is 0.255 e. The van der Waals surface area contributed by atoms with Crippen molar-refractivity contribution in [2.24, 2.45) is 5.14 Å². The lowest BCUT2D eigenvalue weighted by Crippen LogP contribution is -2.14. The first-order valence-corrected chi connectivity index (χ1v) is 10.4. The highest BCUT2D eigenvalue weighted by molar-refractivity contribution is 7.89. The molecule has 0 aliphatic rings. The summed E-state index contributed by atoms with van der Waals surface area (Å²) in [5.74, 6) is -0.363. The van der Waals surface area contributed by atoms with E-state index in [9.17, 15) is 13.2 Å². The van der Waals surface area contributed by atoms with E-state index >= 15 is 0 Å². The largest absolute Gasteiger partial charge is 0.321 e. The molecule has 0 saturated heterocycles. The lowest BCUT2D eigenvalue weighted by Gasteiger charge is -2.10. The molecule has 0 aliphatic carbocycles. The zero-order valence-electron chi connectivity index (χ0n) is 15.5. The molecule has 2 aromatic carbocycles. The summed E-state index contributed by atoms with van der Waals surface area (Å²) in [6.45, 7) is 1.99. The quantitative estimate of drug-likeness (QED) is 0.543. The van der Waals surface area contributed by atoms with Crippen LogP contribution in [0.25, 0.3) is 16.9 Å². The number of sulfonamides is 1. The number of benzene rings is 2. The van der Waals surface area contributed by atoms with Crippen molar-refractivity contribution in [1.29, 1.82) is 0 Å². The standard InChI is InChI=1S/C21H18N4O3S/c1-14-5-4-12-25-13-19(23-20(14)25)17-6-2-3-7-18(17)24-21(26)15-8-10-16(11-9-15)29(22,27)28/h2-13H,1H3,(H,24,26)(H2,22,27,28). The Kier molecular flexibility index (Phi) is 4.65. The lowest BCUT2D eigenvalue weighted by molar-refractivity contribution is 0.102. The molecule has 2 heterocycles. The van der Waals surface area contributed by atoms with Crippen molar-refractivity contribution in [2.45, 2.75) is 11.8 Å². The molecular formula is C21H18N4O3S. The van der Waals surface area contributed by atoms with Crippen LogP contribution in [0.3, 0.4) is 0 Å². The van der Waals surface area contributed by atoms with Gasteiger partial charge in [-0.15, -0.1) is 0 Å². The van der Waals surface area contributed by atoms with Crippen LogP contribution in [0, 0.1) is 6.92 Å². The summed E-state index contributed by atoms with van der Waals surface area (Å²) in [6, 6.07) is 16.8. The molecule has 0 radical (unpaired) electrons. The second-order valence-electron chi connectivity index (χ2n) is 6.62. The molecule has 7 nitrogen and oxygen atoms in total. The van der Waals surface area contributed by atoms with Crippen molar-refractivity contribution in [2.75, 3.05) is 5.32 Å². The van der Waals surface area contributed by atoms with Crippen LogP contribution in [0.15, 0.2) is 78.0 Å². The van der Waals surface area contributed by atoms with Gasteiger partial charge in [-0.3, -0.25) is 4.79 Å². The Morgan fingerprint density at radius 3 is 2.45 bits per heavy atom. The number of carbonyl (C=O) groups is 1. The van der Waals surface area contributed by atoms with Crippen LogP contribution >= 0.6 is 0 Å². The molecular weight excluding hydrogens is 388 g/mol. The minimum atomic E-state index is -3.81. The monoisotopic (exact) mass is 406 g/mol. The Morgan fingerprint density at radius 2 is 1.76 bits per heavy atom. The number of nitrogens with one attached hydrogen (secondary N) is 1. The van der Waals surface area contributed by atoms with Gasteiger partial charge in [0, 0.05) is 23.5 Å². The first-order valence-electron chi connectivity index (χ1n) is 8.81. The molecule has 0 spiro atoms. The number of rotatable bonds is 4. The fourth-order valence-corrected chi connectivity index (χ4v) is 3.60. The van der Waals surface area contributed by atoms with Crippen LogP contribution in [0.1, 0.15) is 15.9 Å². The fraction of sp³-hybridized carbons (Fsp3) is 0.0476. The zero-order chi connectivity index (χ0) is 20.6. The van der Waals surface area contributed by atoms with Gasteiger partial charge in [0.25, 0.3) is 5.91 Å². The SMILES string of the molecule is Cc1cccn2cc(-c3ccccc3NC(=O)c3ccc(S(N)(=O)=O)cc3)nc12. The van der Waals surface area contributed by atoms with Crippen LogP contribution in [-0.2, 0) is 10.0 Å². The number of aryl methyl sites for hydroxylation is 1. The number of primary sulfonamides is 1. The Balaban J connectivity index is 1.66. The number of imidazole rings is 1. The maximum atomic E-state index is 12.7. The smallest absolute Gasteiger partial charge is 0.255 e. The van der Waals surface area contributed by atoms with Gasteiger partial charge in [0.2, 0.25) is 10.0 Å².